The molecule has 0 N–H and O–H groups in total. The minimum Gasteiger partial charge on any atom is -0.297 e. The molecule has 4 nitrogen and oxygen atoms in total. The SMILES string of the molecule is O=C1CC(=O)N(c2ncccc2F)C1. The monoisotopic (exact) mass is 194 g/mol. The zero-order chi connectivity index (χ0) is 10.1. The molecule has 0 aliphatic carbocycles. The number of Topliss-reactive ketones (excluding diaryl/α,β-unsaturated/α-hetero) is 1. The van der Waals surface area contributed by atoms with Gasteiger partial charge in [-0.2, -0.15) is 0 Å². The number of aromatic nitrogens is 1. The summed E-state index contributed by atoms with van der Waals surface area (Å²) in [6, 6.07) is 2.64. The second-order valence-electron chi connectivity index (χ2n) is 3.00. The lowest BCUT2D eigenvalue weighted by Crippen LogP contribution is -2.26. The third-order valence-corrected chi connectivity index (χ3v) is 1.98. The van der Waals surface area contributed by atoms with E-state index in [0.717, 1.165) is 4.90 Å². The van der Waals surface area contributed by atoms with Crippen molar-refractivity contribution >= 4 is 17.5 Å². The van der Waals surface area contributed by atoms with Gasteiger partial charge in [0.2, 0.25) is 5.91 Å². The van der Waals surface area contributed by atoms with E-state index in [4.69, 9.17) is 0 Å². The molecular weight excluding hydrogens is 187 g/mol. The number of hydrogen-bond donors (Lipinski definition) is 0. The highest BCUT2D eigenvalue weighted by molar-refractivity contribution is 6.14. The van der Waals surface area contributed by atoms with Crippen LogP contribution in [-0.4, -0.2) is 23.2 Å². The van der Waals surface area contributed by atoms with Crippen molar-refractivity contribution in [3.05, 3.63) is 24.1 Å². The van der Waals surface area contributed by atoms with E-state index < -0.39 is 11.7 Å². The lowest BCUT2D eigenvalue weighted by Gasteiger charge is -2.13. The zero-order valence-corrected chi connectivity index (χ0v) is 7.24. The van der Waals surface area contributed by atoms with E-state index in [2.05, 4.69) is 4.98 Å². The molecule has 2 heterocycles. The van der Waals surface area contributed by atoms with Crippen LogP contribution in [0.15, 0.2) is 18.3 Å². The average molecular weight is 194 g/mol. The molecule has 1 saturated heterocycles. The largest absolute Gasteiger partial charge is 0.297 e. The molecule has 0 aromatic carbocycles. The smallest absolute Gasteiger partial charge is 0.236 e. The first-order valence-electron chi connectivity index (χ1n) is 4.11. The Kier molecular flexibility index (Phi) is 1.99. The minimum absolute atomic E-state index is 0.0663. The molecular formula is C9H7FN2O2. The van der Waals surface area contributed by atoms with Gasteiger partial charge in [-0.05, 0) is 12.1 Å². The Bertz CT molecular complexity index is 406. The number of carbonyl (C=O) groups excluding carboxylic acids is 2. The van der Waals surface area contributed by atoms with Crippen LogP contribution in [0, 0.1) is 5.82 Å². The highest BCUT2D eigenvalue weighted by Crippen LogP contribution is 2.19. The van der Waals surface area contributed by atoms with Crippen molar-refractivity contribution in [2.24, 2.45) is 0 Å². The van der Waals surface area contributed by atoms with E-state index in [1.54, 1.807) is 0 Å². The Morgan fingerprint density at radius 2 is 2.21 bits per heavy atom. The molecule has 0 bridgehead atoms. The quantitative estimate of drug-likeness (QED) is 0.612. The molecule has 0 spiro atoms. The van der Waals surface area contributed by atoms with Gasteiger partial charge in [0, 0.05) is 6.20 Å². The van der Waals surface area contributed by atoms with Crippen molar-refractivity contribution in [1.82, 2.24) is 4.98 Å². The number of nitrogens with zero attached hydrogens (tertiary/aromatic N) is 2. The zero-order valence-electron chi connectivity index (χ0n) is 7.24. The third-order valence-electron chi connectivity index (χ3n) is 1.98. The van der Waals surface area contributed by atoms with Gasteiger partial charge in [-0.1, -0.05) is 0 Å². The molecule has 0 unspecified atom stereocenters. The predicted octanol–water partition coefficient (Wildman–Crippen LogP) is 0.526. The maximum Gasteiger partial charge on any atom is 0.236 e. The van der Waals surface area contributed by atoms with Crippen LogP contribution in [0.3, 0.4) is 0 Å². The number of hydrogen-bond acceptors (Lipinski definition) is 3. The number of carbonyl (C=O) groups is 2. The van der Waals surface area contributed by atoms with Gasteiger partial charge in [0.05, 0.1) is 13.0 Å². The Morgan fingerprint density at radius 1 is 1.43 bits per heavy atom. The van der Waals surface area contributed by atoms with E-state index in [9.17, 15) is 14.0 Å². The minimum atomic E-state index is -0.587. The summed E-state index contributed by atoms with van der Waals surface area (Å²) < 4.78 is 13.2. The summed E-state index contributed by atoms with van der Waals surface area (Å²) in [5.41, 5.74) is 0. The van der Waals surface area contributed by atoms with Gasteiger partial charge >= 0.3 is 0 Å². The fraction of sp³-hybridized carbons (Fsp3) is 0.222. The Morgan fingerprint density at radius 3 is 2.79 bits per heavy atom. The van der Waals surface area contributed by atoms with Crippen LogP contribution in [0.25, 0.3) is 0 Å². The highest BCUT2D eigenvalue weighted by Gasteiger charge is 2.30. The summed E-state index contributed by atoms with van der Waals surface area (Å²) >= 11 is 0. The Hall–Kier alpha value is -1.78. The summed E-state index contributed by atoms with van der Waals surface area (Å²) in [5.74, 6) is -1.26. The topological polar surface area (TPSA) is 50.3 Å². The maximum absolute atomic E-state index is 13.2. The van der Waals surface area contributed by atoms with Crippen molar-refractivity contribution in [3.8, 4) is 0 Å². The van der Waals surface area contributed by atoms with Gasteiger partial charge < -0.3 is 0 Å². The van der Waals surface area contributed by atoms with Crippen molar-refractivity contribution in [1.29, 1.82) is 0 Å². The molecule has 5 heteroatoms. The fourth-order valence-electron chi connectivity index (χ4n) is 1.35. The molecule has 0 atom stereocenters. The fourth-order valence-corrected chi connectivity index (χ4v) is 1.35. The number of rotatable bonds is 1. The van der Waals surface area contributed by atoms with Crippen LogP contribution in [0.1, 0.15) is 6.42 Å². The first-order valence-corrected chi connectivity index (χ1v) is 4.11. The van der Waals surface area contributed by atoms with E-state index in [0.29, 0.717) is 0 Å². The number of pyridine rings is 1. The second-order valence-corrected chi connectivity index (χ2v) is 3.00. The standard InChI is InChI=1S/C9H7FN2O2/c10-7-2-1-3-11-9(7)12-5-6(13)4-8(12)14/h1-3H,4-5H2. The summed E-state index contributed by atoms with van der Waals surface area (Å²) in [6.45, 7) is -0.0766. The van der Waals surface area contributed by atoms with Crippen LogP contribution in [0.2, 0.25) is 0 Å². The normalized spacial score (nSPS) is 16.5. The van der Waals surface area contributed by atoms with Crippen LogP contribution in [-0.2, 0) is 9.59 Å². The summed E-state index contributed by atoms with van der Waals surface area (Å²) in [7, 11) is 0. The molecule has 1 aliphatic rings. The van der Waals surface area contributed by atoms with Crippen molar-refractivity contribution in [2.45, 2.75) is 6.42 Å². The van der Waals surface area contributed by atoms with Crippen LogP contribution in [0.4, 0.5) is 10.2 Å². The number of ketones is 1. The number of anilines is 1. The summed E-state index contributed by atoms with van der Waals surface area (Å²) in [5, 5.41) is 0. The molecule has 1 aromatic heterocycles. The molecule has 1 amide bonds. The number of amides is 1. The van der Waals surface area contributed by atoms with E-state index in [1.807, 2.05) is 0 Å². The van der Waals surface area contributed by atoms with E-state index in [1.165, 1.54) is 18.3 Å². The van der Waals surface area contributed by atoms with Crippen molar-refractivity contribution in [3.63, 3.8) is 0 Å². The average Bonchev–Trinajstić information content (AvgIpc) is 2.46. The van der Waals surface area contributed by atoms with Crippen LogP contribution in [0.5, 0.6) is 0 Å². The van der Waals surface area contributed by atoms with Gasteiger partial charge in [0.15, 0.2) is 17.4 Å². The first-order chi connectivity index (χ1) is 6.68. The summed E-state index contributed by atoms with van der Waals surface area (Å²) in [6.07, 6.45) is 1.23. The molecule has 0 radical (unpaired) electrons. The Balaban J connectivity index is 2.36. The van der Waals surface area contributed by atoms with Gasteiger partial charge in [0.1, 0.15) is 0 Å². The van der Waals surface area contributed by atoms with E-state index in [-0.39, 0.29) is 24.6 Å². The van der Waals surface area contributed by atoms with Gasteiger partial charge in [-0.15, -0.1) is 0 Å². The van der Waals surface area contributed by atoms with Crippen LogP contribution >= 0.6 is 0 Å². The van der Waals surface area contributed by atoms with Crippen LogP contribution < -0.4 is 4.90 Å². The molecule has 14 heavy (non-hydrogen) atoms. The molecule has 1 fully saturated rings. The third kappa shape index (κ3) is 1.37. The molecule has 0 saturated carbocycles. The van der Waals surface area contributed by atoms with Gasteiger partial charge in [0.25, 0.3) is 0 Å². The second kappa shape index (κ2) is 3.17. The molecule has 1 aromatic rings. The summed E-state index contributed by atoms with van der Waals surface area (Å²) in [4.78, 5) is 27.0. The Labute approximate surface area is 79.4 Å². The first kappa shape index (κ1) is 8.80. The molecule has 72 valence electrons. The maximum atomic E-state index is 13.2. The van der Waals surface area contributed by atoms with Crippen molar-refractivity contribution in [2.75, 3.05) is 11.4 Å². The highest BCUT2D eigenvalue weighted by atomic mass is 19.1. The molecule has 1 aliphatic heterocycles. The van der Waals surface area contributed by atoms with E-state index >= 15 is 0 Å². The van der Waals surface area contributed by atoms with Gasteiger partial charge in [-0.3, -0.25) is 14.5 Å². The van der Waals surface area contributed by atoms with Crippen molar-refractivity contribution < 1.29 is 14.0 Å². The number of halogens is 1. The molecule has 2 rings (SSSR count). The lowest BCUT2D eigenvalue weighted by molar-refractivity contribution is -0.121. The van der Waals surface area contributed by atoms with Gasteiger partial charge in [-0.25, -0.2) is 9.37 Å². The predicted molar refractivity (Wildman–Crippen MR) is 46.2 cm³/mol. The lowest BCUT2D eigenvalue weighted by atomic mass is 10.3.